The summed E-state index contributed by atoms with van der Waals surface area (Å²) in [5, 5.41) is 0. The minimum Gasteiger partial charge on any atom is -0.311 e. The first-order valence-corrected chi connectivity index (χ1v) is 22.7. The van der Waals surface area contributed by atoms with Crippen molar-refractivity contribution in [1.82, 2.24) is 0 Å². The summed E-state index contributed by atoms with van der Waals surface area (Å²) in [5.74, 6) is 2.79. The lowest BCUT2D eigenvalue weighted by molar-refractivity contribution is 0.400. The fraction of sp³-hybridized carbons (Fsp3) is 0.250. The van der Waals surface area contributed by atoms with Gasteiger partial charge in [-0.15, -0.1) is 0 Å². The summed E-state index contributed by atoms with van der Waals surface area (Å²) < 4.78 is 0. The van der Waals surface area contributed by atoms with Crippen LogP contribution in [0.15, 0.2) is 152 Å². The number of hydrogen-bond donors (Lipinski definition) is 0. The molecule has 4 saturated carbocycles. The molecule has 4 fully saturated rings. The number of benzene rings is 7. The molecule has 8 aliphatic rings. The van der Waals surface area contributed by atoms with Crippen LogP contribution in [0.5, 0.6) is 0 Å². The molecule has 2 heterocycles. The van der Waals surface area contributed by atoms with Gasteiger partial charge in [-0.2, -0.15) is 0 Å². The van der Waals surface area contributed by atoms with E-state index in [-0.39, 0.29) is 17.5 Å². The fourth-order valence-corrected chi connectivity index (χ4v) is 15.9. The van der Waals surface area contributed by atoms with E-state index in [9.17, 15) is 0 Å². The van der Waals surface area contributed by atoms with E-state index in [1.165, 1.54) is 124 Å². The predicted molar refractivity (Wildman–Crippen MR) is 244 cm³/mol. The van der Waals surface area contributed by atoms with Crippen LogP contribution in [-0.4, -0.2) is 6.71 Å². The molecule has 4 bridgehead atoms. The number of para-hydroxylation sites is 3. The molecule has 0 aromatic heterocycles. The van der Waals surface area contributed by atoms with Crippen LogP contribution in [-0.2, 0) is 10.8 Å². The Bertz CT molecular complexity index is 2930. The van der Waals surface area contributed by atoms with Gasteiger partial charge in [0, 0.05) is 44.8 Å². The van der Waals surface area contributed by atoms with Crippen molar-refractivity contribution in [2.24, 2.45) is 23.7 Å². The van der Waals surface area contributed by atoms with Gasteiger partial charge in [0.05, 0.1) is 5.69 Å². The van der Waals surface area contributed by atoms with E-state index >= 15 is 0 Å². The quantitative estimate of drug-likeness (QED) is 0.162. The van der Waals surface area contributed by atoms with Crippen LogP contribution >= 0.6 is 0 Å². The van der Waals surface area contributed by atoms with Crippen LogP contribution in [0.3, 0.4) is 0 Å². The van der Waals surface area contributed by atoms with Gasteiger partial charge in [-0.3, -0.25) is 0 Å². The highest BCUT2D eigenvalue weighted by Crippen LogP contribution is 2.71. The van der Waals surface area contributed by atoms with Crippen LogP contribution in [0.4, 0.5) is 34.1 Å². The van der Waals surface area contributed by atoms with E-state index in [0.29, 0.717) is 11.8 Å². The lowest BCUT2D eigenvalue weighted by atomic mass is 9.32. The highest BCUT2D eigenvalue weighted by Gasteiger charge is 2.63. The molecule has 2 aliphatic heterocycles. The largest absolute Gasteiger partial charge is 0.311 e. The number of fused-ring (bicyclic) bond motifs is 12. The Labute approximate surface area is 347 Å². The Morgan fingerprint density at radius 3 is 1.53 bits per heavy atom. The molecule has 7 aromatic carbocycles. The predicted octanol–water partition coefficient (Wildman–Crippen LogP) is 11.9. The molecule has 0 atom stereocenters. The fourth-order valence-electron chi connectivity index (χ4n) is 15.9. The van der Waals surface area contributed by atoms with E-state index < -0.39 is 0 Å². The van der Waals surface area contributed by atoms with Gasteiger partial charge in [0.15, 0.2) is 0 Å². The first-order valence-electron chi connectivity index (χ1n) is 22.7. The number of rotatable bonds is 2. The van der Waals surface area contributed by atoms with Crippen molar-refractivity contribution in [3.8, 4) is 22.3 Å². The second-order valence-corrected chi connectivity index (χ2v) is 19.3. The summed E-state index contributed by atoms with van der Waals surface area (Å²) in [6.45, 7) is 0.0812. The van der Waals surface area contributed by atoms with Crippen molar-refractivity contribution in [1.29, 1.82) is 0 Å². The van der Waals surface area contributed by atoms with Crippen molar-refractivity contribution in [3.05, 3.63) is 174 Å². The molecule has 59 heavy (non-hydrogen) atoms. The minimum absolute atomic E-state index is 0.0555. The maximum atomic E-state index is 2.75. The maximum absolute atomic E-state index is 2.75. The molecule has 0 N–H and O–H groups in total. The summed E-state index contributed by atoms with van der Waals surface area (Å²) in [6, 6.07) is 59.5. The van der Waals surface area contributed by atoms with Crippen molar-refractivity contribution < 1.29 is 0 Å². The molecule has 15 rings (SSSR count). The lowest BCUT2D eigenvalue weighted by Crippen LogP contribution is -2.62. The summed E-state index contributed by atoms with van der Waals surface area (Å²) in [4.78, 5) is 5.41. The van der Waals surface area contributed by atoms with Crippen LogP contribution in [0.2, 0.25) is 0 Å². The molecule has 2 nitrogen and oxygen atoms in total. The van der Waals surface area contributed by atoms with E-state index in [4.69, 9.17) is 0 Å². The van der Waals surface area contributed by atoms with Gasteiger partial charge in [0.25, 0.3) is 6.71 Å². The monoisotopic (exact) mass is 756 g/mol. The standard InChI is InChI=1S/C56H45BN2/c1-3-13-38(14-4-1)58-48-32-31-44-50(40-17-7-9-19-42(40)55(44)34-23-24-35(55)26-25-34)52(48)57-46-21-11-12-22-47(46)59(39-15-5-2-6-16-39)54-51-41-18-8-10-20-43(41)56(36-27-28-37(56)30-29-36)45(51)33-49(58)53(54)57/h1-22,31-37H,23-30H2. The van der Waals surface area contributed by atoms with Gasteiger partial charge in [-0.1, -0.05) is 109 Å². The normalized spacial score (nSPS) is 27.5. The Hall–Kier alpha value is -5.80. The number of anilines is 6. The van der Waals surface area contributed by atoms with Crippen LogP contribution in [0.1, 0.15) is 73.6 Å². The van der Waals surface area contributed by atoms with Gasteiger partial charge in [-0.25, -0.2) is 0 Å². The second-order valence-electron chi connectivity index (χ2n) is 19.3. The minimum atomic E-state index is 0.0555. The average Bonchev–Trinajstić information content (AvgIpc) is 4.16. The molecule has 0 saturated heterocycles. The highest BCUT2D eigenvalue weighted by atomic mass is 15.2. The van der Waals surface area contributed by atoms with Crippen LogP contribution in [0, 0.1) is 23.7 Å². The zero-order valence-corrected chi connectivity index (χ0v) is 33.4. The zero-order chi connectivity index (χ0) is 38.2. The highest BCUT2D eigenvalue weighted by molar-refractivity contribution is 7.01. The van der Waals surface area contributed by atoms with Crippen LogP contribution < -0.4 is 26.2 Å². The molecule has 2 spiro atoms. The first kappa shape index (κ1) is 32.1. The summed E-state index contributed by atoms with van der Waals surface area (Å²) in [5.41, 5.74) is 25.0. The smallest absolute Gasteiger partial charge is 0.252 e. The van der Waals surface area contributed by atoms with Crippen LogP contribution in [0.25, 0.3) is 22.3 Å². The van der Waals surface area contributed by atoms with Gasteiger partial charge < -0.3 is 9.80 Å². The third kappa shape index (κ3) is 3.56. The van der Waals surface area contributed by atoms with E-state index in [0.717, 1.165) is 11.8 Å². The van der Waals surface area contributed by atoms with Gasteiger partial charge in [-0.05, 0) is 173 Å². The zero-order valence-electron chi connectivity index (χ0n) is 33.4. The molecule has 3 heteroatoms. The lowest BCUT2D eigenvalue weighted by Gasteiger charge is -2.46. The molecule has 0 unspecified atom stereocenters. The third-order valence-corrected chi connectivity index (χ3v) is 17.5. The van der Waals surface area contributed by atoms with E-state index in [1.807, 2.05) is 0 Å². The van der Waals surface area contributed by atoms with Crippen molar-refractivity contribution >= 4 is 57.2 Å². The Morgan fingerprint density at radius 1 is 0.390 bits per heavy atom. The second kappa shape index (κ2) is 11.1. The topological polar surface area (TPSA) is 6.48 Å². The van der Waals surface area contributed by atoms with Gasteiger partial charge >= 0.3 is 0 Å². The molecule has 0 amide bonds. The average molecular weight is 757 g/mol. The molecule has 282 valence electrons. The van der Waals surface area contributed by atoms with Gasteiger partial charge in [0.2, 0.25) is 0 Å². The van der Waals surface area contributed by atoms with Crippen molar-refractivity contribution in [2.45, 2.75) is 62.2 Å². The third-order valence-electron chi connectivity index (χ3n) is 17.5. The SMILES string of the molecule is c1ccc(N2c3ccc4c(c3B3c5ccccc5N(c5ccccc5)c5c3c2cc2c5-c3ccccc3C23C2CCC3CC2)-c2ccccc2C42C3CCC2CC3)cc1. The Balaban J connectivity index is 1.14. The summed E-state index contributed by atoms with van der Waals surface area (Å²) in [6.07, 6.45) is 10.7. The molecular weight excluding hydrogens is 711 g/mol. The van der Waals surface area contributed by atoms with Crippen molar-refractivity contribution in [3.63, 3.8) is 0 Å². The first-order chi connectivity index (χ1) is 29.3. The molecular formula is C56H45BN2. The number of hydrogen-bond acceptors (Lipinski definition) is 2. The van der Waals surface area contributed by atoms with Crippen molar-refractivity contribution in [2.75, 3.05) is 9.80 Å². The molecule has 0 radical (unpaired) electrons. The van der Waals surface area contributed by atoms with E-state index in [2.05, 4.69) is 161 Å². The Morgan fingerprint density at radius 2 is 0.898 bits per heavy atom. The summed E-state index contributed by atoms with van der Waals surface area (Å²) >= 11 is 0. The molecule has 6 aliphatic carbocycles. The summed E-state index contributed by atoms with van der Waals surface area (Å²) in [7, 11) is 0. The van der Waals surface area contributed by atoms with Gasteiger partial charge in [0.1, 0.15) is 0 Å². The van der Waals surface area contributed by atoms with E-state index in [1.54, 1.807) is 22.3 Å². The molecule has 7 aromatic rings. The maximum Gasteiger partial charge on any atom is 0.252 e. The Kier molecular flexibility index (Phi) is 6.02. The number of nitrogens with zero attached hydrogens (tertiary/aromatic N) is 2.